The largest absolute Gasteiger partial charge is 0.530 e. The van der Waals surface area contributed by atoms with E-state index in [-0.39, 0.29) is 32.5 Å². The van der Waals surface area contributed by atoms with Gasteiger partial charge in [-0.3, -0.25) is 0 Å². The van der Waals surface area contributed by atoms with E-state index in [0.29, 0.717) is 17.8 Å². The molecule has 0 unspecified atom stereocenters. The molecule has 3 aliphatic rings. The van der Waals surface area contributed by atoms with E-state index in [2.05, 4.69) is 252 Å². The van der Waals surface area contributed by atoms with E-state index in [1.165, 1.54) is 146 Å². The molecule has 0 aromatic heterocycles. The van der Waals surface area contributed by atoms with Crippen molar-refractivity contribution in [3.63, 3.8) is 0 Å². The Labute approximate surface area is 562 Å². The highest BCUT2D eigenvalue weighted by Crippen LogP contribution is 2.54. The van der Waals surface area contributed by atoms with Gasteiger partial charge in [-0.25, -0.2) is 0 Å². The Balaban J connectivity index is 0.000000244. The zero-order chi connectivity index (χ0) is 66.5. The van der Waals surface area contributed by atoms with Crippen molar-refractivity contribution in [3.8, 4) is 34.5 Å². The van der Waals surface area contributed by atoms with Crippen LogP contribution in [0.5, 0.6) is 34.5 Å². The van der Waals surface area contributed by atoms with Crippen LogP contribution in [0.1, 0.15) is 327 Å². The van der Waals surface area contributed by atoms with Crippen LogP contribution in [0.15, 0.2) is 127 Å². The molecule has 0 atom stereocenters. The molecule has 0 radical (unpaired) electrons. The molecule has 0 N–H and O–H groups in total. The SMILES string of the molecule is CCC(C)(C)c1ccc(OP(Oc2ccc(C(C)(C)CC)cc2C(C)(C)CC)Oc2ccc(C(C)(C)CC)cc2C(C)(C)CC)c(C(C)(C)CC)c1.c1ccc(C2CCCCC2)c(OP(Oc2ccccc2C2CCCCC2)Oc2ccccc2C2CCCCC2)c1. The van der Waals surface area contributed by atoms with Crippen LogP contribution in [0.3, 0.4) is 0 Å². The van der Waals surface area contributed by atoms with Gasteiger partial charge in [-0.2, -0.15) is 0 Å². The molecule has 3 saturated carbocycles. The second-order valence-electron chi connectivity index (χ2n) is 31.2. The van der Waals surface area contributed by atoms with Gasteiger partial charge in [0.2, 0.25) is 0 Å². The Morgan fingerprint density at radius 3 is 0.717 bits per heavy atom. The summed E-state index contributed by atoms with van der Waals surface area (Å²) in [7, 11) is -3.62. The van der Waals surface area contributed by atoms with Gasteiger partial charge >= 0.3 is 17.2 Å². The van der Waals surface area contributed by atoms with Gasteiger partial charge in [-0.05, 0) is 197 Å². The van der Waals surface area contributed by atoms with Crippen molar-refractivity contribution in [2.45, 2.75) is 310 Å². The summed E-state index contributed by atoms with van der Waals surface area (Å²) in [6.45, 7) is 41.4. The van der Waals surface area contributed by atoms with Crippen LogP contribution in [0.2, 0.25) is 0 Å². The summed E-state index contributed by atoms with van der Waals surface area (Å²) in [5.41, 5.74) is 11.3. The zero-order valence-electron chi connectivity index (χ0n) is 60.5. The lowest BCUT2D eigenvalue weighted by Crippen LogP contribution is -2.23. The lowest BCUT2D eigenvalue weighted by atomic mass is 9.76. The van der Waals surface area contributed by atoms with Crippen molar-refractivity contribution in [1.82, 2.24) is 0 Å². The topological polar surface area (TPSA) is 55.4 Å². The minimum absolute atomic E-state index is 0.0537. The lowest BCUT2D eigenvalue weighted by Gasteiger charge is -2.33. The van der Waals surface area contributed by atoms with Crippen molar-refractivity contribution < 1.29 is 27.1 Å². The van der Waals surface area contributed by atoms with Crippen LogP contribution < -0.4 is 27.1 Å². The molecule has 0 aliphatic heterocycles. The van der Waals surface area contributed by atoms with Crippen LogP contribution in [-0.2, 0) is 32.5 Å². The van der Waals surface area contributed by atoms with E-state index in [9.17, 15) is 0 Å². The Bertz CT molecular complexity index is 2930. The summed E-state index contributed by atoms with van der Waals surface area (Å²) in [4.78, 5) is 0. The molecule has 6 aromatic carbocycles. The number of hydrogen-bond donors (Lipinski definition) is 0. The van der Waals surface area contributed by atoms with Crippen LogP contribution in [0, 0.1) is 0 Å². The van der Waals surface area contributed by atoms with Gasteiger partial charge in [0, 0.05) is 16.7 Å². The fraction of sp³-hybridized carbons (Fsp3) is 0.571. The maximum atomic E-state index is 7.10. The Morgan fingerprint density at radius 1 is 0.272 bits per heavy atom. The van der Waals surface area contributed by atoms with Crippen molar-refractivity contribution >= 4 is 17.2 Å². The highest BCUT2D eigenvalue weighted by molar-refractivity contribution is 7.43. The van der Waals surface area contributed by atoms with Crippen LogP contribution >= 0.6 is 17.2 Å². The van der Waals surface area contributed by atoms with Crippen molar-refractivity contribution in [2.24, 2.45) is 0 Å². The van der Waals surface area contributed by atoms with Gasteiger partial charge in [0.25, 0.3) is 0 Å². The quantitative estimate of drug-likeness (QED) is 0.0479. The van der Waals surface area contributed by atoms with Gasteiger partial charge in [0.15, 0.2) is 0 Å². The highest BCUT2D eigenvalue weighted by atomic mass is 31.2. The van der Waals surface area contributed by atoms with E-state index in [4.69, 9.17) is 27.1 Å². The highest BCUT2D eigenvalue weighted by Gasteiger charge is 2.36. The maximum Gasteiger partial charge on any atom is 0.530 e. The third-order valence-corrected chi connectivity index (χ3v) is 24.8. The molecule has 92 heavy (non-hydrogen) atoms. The Kier molecular flexibility index (Phi) is 25.4. The predicted octanol–water partition coefficient (Wildman–Crippen LogP) is 27.2. The van der Waals surface area contributed by atoms with Gasteiger partial charge in [-0.1, -0.05) is 273 Å². The van der Waals surface area contributed by atoms with Crippen molar-refractivity contribution in [1.29, 1.82) is 0 Å². The van der Waals surface area contributed by atoms with Gasteiger partial charge in [-0.15, -0.1) is 0 Å². The third kappa shape index (κ3) is 18.3. The maximum absolute atomic E-state index is 7.10. The molecule has 0 bridgehead atoms. The fourth-order valence-corrected chi connectivity index (χ4v) is 15.6. The molecule has 9 rings (SSSR count). The second-order valence-corrected chi connectivity index (χ2v) is 33.2. The first-order chi connectivity index (χ1) is 43.8. The smallest absolute Gasteiger partial charge is 0.408 e. The van der Waals surface area contributed by atoms with Crippen LogP contribution in [-0.4, -0.2) is 0 Å². The van der Waals surface area contributed by atoms with Crippen molar-refractivity contribution in [3.05, 3.63) is 177 Å². The molecule has 3 fully saturated rings. The number of rotatable bonds is 27. The Morgan fingerprint density at radius 2 is 0.489 bits per heavy atom. The number of benzene rings is 6. The van der Waals surface area contributed by atoms with E-state index in [1.54, 1.807) is 0 Å². The average Bonchev–Trinajstić information content (AvgIpc) is 0.811. The molecular formula is C84H120O6P2. The molecule has 0 heterocycles. The average molecular weight is 1290 g/mol. The number of hydrogen-bond acceptors (Lipinski definition) is 6. The van der Waals surface area contributed by atoms with Gasteiger partial charge in [0.05, 0.1) is 0 Å². The minimum atomic E-state index is -1.92. The summed E-state index contributed by atoms with van der Waals surface area (Å²) in [6, 6.07) is 46.1. The minimum Gasteiger partial charge on any atom is -0.408 e. The fourth-order valence-electron chi connectivity index (χ4n) is 13.4. The van der Waals surface area contributed by atoms with Gasteiger partial charge < -0.3 is 27.1 Å². The molecule has 502 valence electrons. The molecule has 0 saturated heterocycles. The summed E-state index contributed by atoms with van der Waals surface area (Å²) in [6.07, 6.45) is 25.3. The van der Waals surface area contributed by atoms with Crippen LogP contribution in [0.4, 0.5) is 0 Å². The van der Waals surface area contributed by atoms with E-state index < -0.39 is 17.2 Å². The lowest BCUT2D eigenvalue weighted by molar-refractivity contribution is 0.364. The third-order valence-electron chi connectivity index (χ3n) is 22.7. The molecule has 0 amide bonds. The first-order valence-electron chi connectivity index (χ1n) is 36.2. The first kappa shape index (κ1) is 72.8. The van der Waals surface area contributed by atoms with Gasteiger partial charge in [0.1, 0.15) is 34.5 Å². The summed E-state index contributed by atoms with van der Waals surface area (Å²) in [5.74, 6) is 6.89. The second kappa shape index (κ2) is 32.1. The van der Waals surface area contributed by atoms with E-state index >= 15 is 0 Å². The molecule has 0 spiro atoms. The first-order valence-corrected chi connectivity index (χ1v) is 38.4. The predicted molar refractivity (Wildman–Crippen MR) is 394 cm³/mol. The standard InChI is InChI=1S/C48H75O3P.C36H45O3P/c1-19-43(7,8)34-25-28-40(37(31-34)46(13,14)22-4)49-52(50-41-29-26-35(44(9,10)20-2)32-38(41)47(15,16)23-5)51-42-30-27-36(45(11,12)21-3)33-39(42)48(17,18)24-6;1-4-16-28(17-5-1)31-22-10-13-25-34(31)37-40(38-35-26-14-11-23-32(35)29-18-6-2-7-19-29)39-36-27-15-12-24-33(36)30-20-8-3-9-21-30/h25-33H,19-24H2,1-18H3;10-15,22-30H,1-9,16-21H2. The molecular weight excluding hydrogens is 1170 g/mol. The van der Waals surface area contributed by atoms with Crippen molar-refractivity contribution in [2.75, 3.05) is 0 Å². The molecule has 6 aromatic rings. The molecule has 3 aliphatic carbocycles. The van der Waals surface area contributed by atoms with E-state index in [1.807, 2.05) is 0 Å². The normalized spacial score (nSPS) is 16.0. The number of para-hydroxylation sites is 3. The summed E-state index contributed by atoms with van der Waals surface area (Å²) in [5, 5.41) is 0. The Hall–Kier alpha value is -5.02. The molecule has 6 nitrogen and oxygen atoms in total. The van der Waals surface area contributed by atoms with Crippen LogP contribution in [0.25, 0.3) is 0 Å². The summed E-state index contributed by atoms with van der Waals surface area (Å²) >= 11 is 0. The summed E-state index contributed by atoms with van der Waals surface area (Å²) < 4.78 is 41.7. The zero-order valence-corrected chi connectivity index (χ0v) is 62.3. The van der Waals surface area contributed by atoms with E-state index in [0.717, 1.165) is 73.0 Å². The monoisotopic (exact) mass is 1290 g/mol. The molecule has 8 heteroatoms.